The van der Waals surface area contributed by atoms with Crippen molar-refractivity contribution in [2.75, 3.05) is 0 Å². The summed E-state index contributed by atoms with van der Waals surface area (Å²) in [6.07, 6.45) is 12.9. The van der Waals surface area contributed by atoms with Gasteiger partial charge in [0.1, 0.15) is 11.3 Å². The number of rotatable bonds is 5. The molecule has 8 aromatic rings. The summed E-state index contributed by atoms with van der Waals surface area (Å²) in [5.74, 6) is 3.25. The molecule has 0 radical (unpaired) electrons. The summed E-state index contributed by atoms with van der Waals surface area (Å²) in [5.41, 5.74) is 11.9. The number of para-hydroxylation sites is 1. The lowest BCUT2D eigenvalue weighted by atomic mass is 9.68. The van der Waals surface area contributed by atoms with Crippen molar-refractivity contribution >= 4 is 44.2 Å². The molecular weight excluding hydrogens is 665 g/mol. The summed E-state index contributed by atoms with van der Waals surface area (Å²) in [6, 6.07) is 59.0. The van der Waals surface area contributed by atoms with Crippen molar-refractivity contribution in [1.82, 2.24) is 0 Å². The van der Waals surface area contributed by atoms with Crippen molar-refractivity contribution in [2.24, 2.45) is 5.92 Å². The van der Waals surface area contributed by atoms with E-state index >= 15 is 0 Å². The van der Waals surface area contributed by atoms with Crippen LogP contribution >= 0.6 is 0 Å². The number of allylic oxidation sites excluding steroid dienone is 3. The van der Waals surface area contributed by atoms with E-state index in [1.54, 1.807) is 0 Å². The van der Waals surface area contributed by atoms with Crippen LogP contribution in [0.25, 0.3) is 55.3 Å². The number of benzene rings is 7. The van der Waals surface area contributed by atoms with Crippen LogP contribution in [0.15, 0.2) is 174 Å². The molecule has 3 aliphatic carbocycles. The van der Waals surface area contributed by atoms with Crippen LogP contribution in [0.5, 0.6) is 0 Å². The molecular formula is C54H44O. The van der Waals surface area contributed by atoms with Crippen LogP contribution < -0.4 is 0 Å². The van der Waals surface area contributed by atoms with Gasteiger partial charge in [-0.25, -0.2) is 0 Å². The van der Waals surface area contributed by atoms with Crippen molar-refractivity contribution in [3.05, 3.63) is 203 Å². The zero-order valence-electron chi connectivity index (χ0n) is 31.1. The van der Waals surface area contributed by atoms with Gasteiger partial charge in [-0.05, 0) is 117 Å². The first kappa shape index (κ1) is 32.5. The zero-order chi connectivity index (χ0) is 36.3. The lowest BCUT2D eigenvalue weighted by Gasteiger charge is -2.36. The maximum Gasteiger partial charge on any atom is 0.142 e. The van der Waals surface area contributed by atoms with Gasteiger partial charge in [-0.2, -0.15) is 0 Å². The number of fused-ring (bicyclic) bond motifs is 7. The standard InChI is InChI=1S/C54H44O/c1-3-14-35(15-4-1)40-31-41(39-27-26-36-16-7-8-19-38(36)30-39)33-42(32-40)43-28-29-47(45-21-10-9-20-44(43)45)49-24-13-25-50-53-48-23-12-11-22-46(48)51(34-52(53)55-54(49)50)37-17-5-2-6-18-37/h1-11,13-22,24-30,34,40-42,46,48H,12,23,31-33H2. The molecule has 55 heavy (non-hydrogen) atoms. The van der Waals surface area contributed by atoms with E-state index < -0.39 is 0 Å². The zero-order valence-corrected chi connectivity index (χ0v) is 31.1. The average Bonchev–Trinajstić information content (AvgIpc) is 3.65. The minimum absolute atomic E-state index is 0.363. The Hall–Kier alpha value is -5.92. The fraction of sp³-hybridized carbons (Fsp3) is 0.185. The molecule has 1 heteroatoms. The van der Waals surface area contributed by atoms with Crippen molar-refractivity contribution in [2.45, 2.75) is 55.8 Å². The van der Waals surface area contributed by atoms with Gasteiger partial charge in [-0.15, -0.1) is 0 Å². The summed E-state index contributed by atoms with van der Waals surface area (Å²) in [5, 5.41) is 6.60. The van der Waals surface area contributed by atoms with E-state index in [2.05, 4.69) is 176 Å². The third kappa shape index (κ3) is 5.60. The van der Waals surface area contributed by atoms with Crippen LogP contribution in [0.3, 0.4) is 0 Å². The molecule has 0 aliphatic heterocycles. The molecule has 0 amide bonds. The molecule has 7 aromatic carbocycles. The first-order valence-corrected chi connectivity index (χ1v) is 20.3. The van der Waals surface area contributed by atoms with Crippen LogP contribution in [-0.4, -0.2) is 0 Å². The van der Waals surface area contributed by atoms with Gasteiger partial charge in [0.15, 0.2) is 0 Å². The quantitative estimate of drug-likeness (QED) is 0.162. The second kappa shape index (κ2) is 13.4. The fourth-order valence-corrected chi connectivity index (χ4v) is 10.7. The van der Waals surface area contributed by atoms with E-state index in [0.29, 0.717) is 29.6 Å². The largest absolute Gasteiger partial charge is 0.456 e. The monoisotopic (exact) mass is 708 g/mol. The predicted octanol–water partition coefficient (Wildman–Crippen LogP) is 14.8. The van der Waals surface area contributed by atoms with Crippen molar-refractivity contribution in [3.63, 3.8) is 0 Å². The Kier molecular flexibility index (Phi) is 7.94. The van der Waals surface area contributed by atoms with E-state index in [-0.39, 0.29) is 0 Å². The molecule has 266 valence electrons. The highest BCUT2D eigenvalue weighted by Gasteiger charge is 2.37. The van der Waals surface area contributed by atoms with Gasteiger partial charge in [-0.3, -0.25) is 0 Å². The van der Waals surface area contributed by atoms with Crippen LogP contribution in [0, 0.1) is 5.92 Å². The van der Waals surface area contributed by atoms with E-state index in [1.165, 1.54) is 77.9 Å². The molecule has 5 unspecified atom stereocenters. The lowest BCUT2D eigenvalue weighted by Crippen LogP contribution is -2.20. The summed E-state index contributed by atoms with van der Waals surface area (Å²) >= 11 is 0. The Morgan fingerprint density at radius 1 is 0.509 bits per heavy atom. The number of hydrogen-bond acceptors (Lipinski definition) is 1. The first-order chi connectivity index (χ1) is 27.3. The van der Waals surface area contributed by atoms with Crippen LogP contribution in [0.2, 0.25) is 0 Å². The minimum Gasteiger partial charge on any atom is -0.456 e. The molecule has 1 fully saturated rings. The van der Waals surface area contributed by atoms with E-state index in [0.717, 1.165) is 37.0 Å². The SMILES string of the molecule is C1=CC2C(c3ccccc3)=Cc3oc4c(-c5ccc(C6CC(c7ccccc7)CC(c7ccc8ccccc8c7)C6)c6ccccc56)cccc4c3C2CC1. The Bertz CT molecular complexity index is 2760. The van der Waals surface area contributed by atoms with Gasteiger partial charge < -0.3 is 4.42 Å². The molecule has 0 spiro atoms. The highest BCUT2D eigenvalue weighted by molar-refractivity contribution is 6.06. The smallest absolute Gasteiger partial charge is 0.142 e. The minimum atomic E-state index is 0.363. The van der Waals surface area contributed by atoms with Crippen LogP contribution in [-0.2, 0) is 0 Å². The molecule has 1 saturated carbocycles. The molecule has 3 aliphatic rings. The summed E-state index contributed by atoms with van der Waals surface area (Å²) in [7, 11) is 0. The van der Waals surface area contributed by atoms with E-state index in [4.69, 9.17) is 4.42 Å². The molecule has 1 nitrogen and oxygen atoms in total. The second-order valence-electron chi connectivity index (χ2n) is 16.2. The highest BCUT2D eigenvalue weighted by Crippen LogP contribution is 2.53. The fourth-order valence-electron chi connectivity index (χ4n) is 10.7. The van der Waals surface area contributed by atoms with Gasteiger partial charge in [0.2, 0.25) is 0 Å². The lowest BCUT2D eigenvalue weighted by molar-refractivity contribution is 0.353. The van der Waals surface area contributed by atoms with E-state index in [1.807, 2.05) is 0 Å². The number of hydrogen-bond donors (Lipinski definition) is 0. The van der Waals surface area contributed by atoms with Crippen LogP contribution in [0.4, 0.5) is 0 Å². The second-order valence-corrected chi connectivity index (χ2v) is 16.2. The van der Waals surface area contributed by atoms with Gasteiger partial charge in [0.25, 0.3) is 0 Å². The van der Waals surface area contributed by atoms with Gasteiger partial charge in [0.05, 0.1) is 0 Å². The molecule has 1 aromatic heterocycles. The maximum atomic E-state index is 7.03. The first-order valence-electron chi connectivity index (χ1n) is 20.3. The van der Waals surface area contributed by atoms with Crippen molar-refractivity contribution in [1.29, 1.82) is 0 Å². The Morgan fingerprint density at radius 3 is 2.07 bits per heavy atom. The summed E-state index contributed by atoms with van der Waals surface area (Å²) in [4.78, 5) is 0. The topological polar surface area (TPSA) is 13.1 Å². The molecule has 1 heterocycles. The molecule has 11 rings (SSSR count). The Morgan fingerprint density at radius 2 is 1.22 bits per heavy atom. The van der Waals surface area contributed by atoms with E-state index in [9.17, 15) is 0 Å². The molecule has 0 saturated heterocycles. The highest BCUT2D eigenvalue weighted by atomic mass is 16.3. The van der Waals surface area contributed by atoms with Crippen molar-refractivity contribution < 1.29 is 4.42 Å². The molecule has 0 N–H and O–H groups in total. The third-order valence-electron chi connectivity index (χ3n) is 13.2. The summed E-state index contributed by atoms with van der Waals surface area (Å²) < 4.78 is 7.03. The number of furan rings is 1. The molecule has 5 atom stereocenters. The molecule has 0 bridgehead atoms. The van der Waals surface area contributed by atoms with Gasteiger partial charge in [0, 0.05) is 22.4 Å². The van der Waals surface area contributed by atoms with Gasteiger partial charge >= 0.3 is 0 Å². The third-order valence-corrected chi connectivity index (χ3v) is 13.2. The Balaban J connectivity index is 1.02. The normalized spacial score (nSPS) is 22.0. The van der Waals surface area contributed by atoms with Gasteiger partial charge in [-0.1, -0.05) is 170 Å². The summed E-state index contributed by atoms with van der Waals surface area (Å²) in [6.45, 7) is 0. The maximum absolute atomic E-state index is 7.03. The average molecular weight is 709 g/mol. The Labute approximate surface area is 323 Å². The predicted molar refractivity (Wildman–Crippen MR) is 231 cm³/mol. The van der Waals surface area contributed by atoms with Crippen molar-refractivity contribution in [3.8, 4) is 11.1 Å². The van der Waals surface area contributed by atoms with Crippen LogP contribution in [0.1, 0.15) is 89.4 Å².